The van der Waals surface area contributed by atoms with Gasteiger partial charge in [0.1, 0.15) is 0 Å². The molecule has 0 unspecified atom stereocenters. The zero-order chi connectivity index (χ0) is 15.7. The molecule has 0 heterocycles. The Balaban J connectivity index is 2.57. The highest BCUT2D eigenvalue weighted by atomic mass is 15.1. The minimum atomic E-state index is 0.0481. The number of likely N-dealkylation sites (N-methyl/N-ethyl adjacent to an activating group) is 1. The summed E-state index contributed by atoms with van der Waals surface area (Å²) >= 11 is 0. The second-order valence-corrected chi connectivity index (χ2v) is 6.06. The van der Waals surface area contributed by atoms with E-state index in [1.165, 1.54) is 5.56 Å². The Bertz CT molecular complexity index is 574. The Morgan fingerprint density at radius 1 is 1.29 bits per heavy atom. The van der Waals surface area contributed by atoms with Gasteiger partial charge in [0.05, 0.1) is 11.6 Å². The number of allylic oxidation sites excluding steroid dienone is 1. The van der Waals surface area contributed by atoms with E-state index in [9.17, 15) is 0 Å². The normalized spacial score (nSPS) is 11.2. The summed E-state index contributed by atoms with van der Waals surface area (Å²) < 4.78 is 0. The van der Waals surface area contributed by atoms with Gasteiger partial charge in [-0.1, -0.05) is 37.0 Å². The molecule has 0 atom stereocenters. The lowest BCUT2D eigenvalue weighted by molar-refractivity contribution is 0.311. The largest absolute Gasteiger partial charge is 0.296 e. The van der Waals surface area contributed by atoms with Gasteiger partial charge in [-0.05, 0) is 51.1 Å². The van der Waals surface area contributed by atoms with Gasteiger partial charge in [-0.3, -0.25) is 4.90 Å². The fraction of sp³-hybridized carbons (Fsp3) is 0.421. The van der Waals surface area contributed by atoms with Crippen molar-refractivity contribution in [3.8, 4) is 17.9 Å². The quantitative estimate of drug-likeness (QED) is 0.763. The molecular weight excluding hydrogens is 256 g/mol. The minimum absolute atomic E-state index is 0.0481. The fourth-order valence-electron chi connectivity index (χ4n) is 1.82. The van der Waals surface area contributed by atoms with Gasteiger partial charge in [-0.15, -0.1) is 0 Å². The average molecular weight is 280 g/mol. The summed E-state index contributed by atoms with van der Waals surface area (Å²) in [5, 5.41) is 8.93. The number of hydrogen-bond donors (Lipinski definition) is 0. The van der Waals surface area contributed by atoms with E-state index in [0.29, 0.717) is 0 Å². The Labute approximate surface area is 129 Å². The highest BCUT2D eigenvalue weighted by molar-refractivity contribution is 5.32. The molecule has 0 saturated heterocycles. The molecule has 0 bridgehead atoms. The lowest BCUT2D eigenvalue weighted by Crippen LogP contribution is -2.22. The SMILES string of the molecule is CCN(CC=CC#CC(C)(C)C)Cc1cccc(C#N)c1. The molecule has 0 saturated carbocycles. The van der Waals surface area contributed by atoms with Crippen LogP contribution < -0.4 is 0 Å². The van der Waals surface area contributed by atoms with Crippen LogP contribution in [0.5, 0.6) is 0 Å². The third-order valence-corrected chi connectivity index (χ3v) is 2.92. The molecule has 2 heteroatoms. The number of nitrogens with zero attached hydrogens (tertiary/aromatic N) is 2. The van der Waals surface area contributed by atoms with Gasteiger partial charge < -0.3 is 0 Å². The second kappa shape index (κ2) is 8.30. The van der Waals surface area contributed by atoms with E-state index < -0.39 is 0 Å². The molecule has 0 aliphatic rings. The molecule has 0 fully saturated rings. The number of hydrogen-bond acceptors (Lipinski definition) is 2. The third kappa shape index (κ3) is 7.35. The first-order valence-electron chi connectivity index (χ1n) is 7.33. The van der Waals surface area contributed by atoms with Crippen molar-refractivity contribution in [2.75, 3.05) is 13.1 Å². The van der Waals surface area contributed by atoms with Crippen LogP contribution in [0.2, 0.25) is 0 Å². The maximum absolute atomic E-state index is 8.93. The first kappa shape index (κ1) is 17.0. The average Bonchev–Trinajstić information content (AvgIpc) is 2.44. The Morgan fingerprint density at radius 2 is 2.05 bits per heavy atom. The Morgan fingerprint density at radius 3 is 2.67 bits per heavy atom. The fourth-order valence-corrected chi connectivity index (χ4v) is 1.82. The van der Waals surface area contributed by atoms with Crippen LogP contribution in [0.25, 0.3) is 0 Å². The summed E-state index contributed by atoms with van der Waals surface area (Å²) in [7, 11) is 0. The van der Waals surface area contributed by atoms with Crippen molar-refractivity contribution in [3.05, 3.63) is 47.5 Å². The summed E-state index contributed by atoms with van der Waals surface area (Å²) in [5.74, 6) is 6.27. The smallest absolute Gasteiger partial charge is 0.0991 e. The van der Waals surface area contributed by atoms with Crippen molar-refractivity contribution in [1.82, 2.24) is 4.90 Å². The van der Waals surface area contributed by atoms with Gasteiger partial charge in [-0.25, -0.2) is 0 Å². The number of benzene rings is 1. The lowest BCUT2D eigenvalue weighted by atomic mass is 9.98. The molecule has 2 nitrogen and oxygen atoms in total. The molecule has 1 rings (SSSR count). The van der Waals surface area contributed by atoms with Crippen molar-refractivity contribution in [1.29, 1.82) is 5.26 Å². The van der Waals surface area contributed by atoms with Gasteiger partial charge in [-0.2, -0.15) is 5.26 Å². The zero-order valence-corrected chi connectivity index (χ0v) is 13.5. The van der Waals surface area contributed by atoms with Crippen LogP contribution in [0, 0.1) is 28.6 Å². The van der Waals surface area contributed by atoms with Crippen LogP contribution in [0.4, 0.5) is 0 Å². The highest BCUT2D eigenvalue weighted by Gasteiger charge is 2.03. The summed E-state index contributed by atoms with van der Waals surface area (Å²) in [6, 6.07) is 9.97. The molecule has 110 valence electrons. The molecule has 1 aromatic carbocycles. The standard InChI is InChI=1S/C19H24N2/c1-5-21(13-8-6-7-12-19(2,3)4)16-18-11-9-10-17(14-18)15-20/h6,8-11,14H,5,13,16H2,1-4H3. The van der Waals surface area contributed by atoms with Crippen LogP contribution in [0.3, 0.4) is 0 Å². The van der Waals surface area contributed by atoms with E-state index in [4.69, 9.17) is 5.26 Å². The second-order valence-electron chi connectivity index (χ2n) is 6.06. The van der Waals surface area contributed by atoms with Crippen molar-refractivity contribution in [2.24, 2.45) is 5.41 Å². The predicted molar refractivity (Wildman–Crippen MR) is 88.5 cm³/mol. The first-order chi connectivity index (χ1) is 9.94. The molecule has 0 aliphatic carbocycles. The summed E-state index contributed by atoms with van der Waals surface area (Å²) in [6.07, 6.45) is 4.02. The minimum Gasteiger partial charge on any atom is -0.296 e. The summed E-state index contributed by atoms with van der Waals surface area (Å²) in [6.45, 7) is 11.1. The lowest BCUT2D eigenvalue weighted by Gasteiger charge is -2.18. The molecular formula is C19H24N2. The van der Waals surface area contributed by atoms with Gasteiger partial charge in [0, 0.05) is 18.5 Å². The van der Waals surface area contributed by atoms with Crippen molar-refractivity contribution >= 4 is 0 Å². The first-order valence-corrected chi connectivity index (χ1v) is 7.33. The van der Waals surface area contributed by atoms with Gasteiger partial charge in [0.25, 0.3) is 0 Å². The van der Waals surface area contributed by atoms with Crippen LogP contribution in [-0.4, -0.2) is 18.0 Å². The molecule has 0 N–H and O–H groups in total. The van der Waals surface area contributed by atoms with E-state index in [-0.39, 0.29) is 5.41 Å². The van der Waals surface area contributed by atoms with E-state index in [0.717, 1.165) is 25.2 Å². The summed E-state index contributed by atoms with van der Waals surface area (Å²) in [4.78, 5) is 2.31. The van der Waals surface area contributed by atoms with Crippen molar-refractivity contribution < 1.29 is 0 Å². The number of rotatable bonds is 5. The Hall–Kier alpha value is -2.03. The third-order valence-electron chi connectivity index (χ3n) is 2.92. The van der Waals surface area contributed by atoms with Crippen LogP contribution in [-0.2, 0) is 6.54 Å². The van der Waals surface area contributed by atoms with Crippen LogP contribution in [0.1, 0.15) is 38.8 Å². The molecule has 0 radical (unpaired) electrons. The predicted octanol–water partition coefficient (Wildman–Crippen LogP) is 3.99. The molecule has 0 aliphatic heterocycles. The maximum atomic E-state index is 8.93. The molecule has 0 amide bonds. The van der Waals surface area contributed by atoms with E-state index in [2.05, 4.69) is 62.6 Å². The Kier molecular flexibility index (Phi) is 6.73. The summed E-state index contributed by atoms with van der Waals surface area (Å²) in [5.41, 5.74) is 1.94. The van der Waals surface area contributed by atoms with Gasteiger partial charge >= 0.3 is 0 Å². The maximum Gasteiger partial charge on any atom is 0.0991 e. The molecule has 1 aromatic rings. The molecule has 21 heavy (non-hydrogen) atoms. The van der Waals surface area contributed by atoms with E-state index in [1.54, 1.807) is 0 Å². The van der Waals surface area contributed by atoms with Crippen LogP contribution in [0.15, 0.2) is 36.4 Å². The van der Waals surface area contributed by atoms with E-state index in [1.807, 2.05) is 24.3 Å². The van der Waals surface area contributed by atoms with Gasteiger partial charge in [0.15, 0.2) is 0 Å². The van der Waals surface area contributed by atoms with Crippen molar-refractivity contribution in [3.63, 3.8) is 0 Å². The molecule has 0 aromatic heterocycles. The molecule has 0 spiro atoms. The van der Waals surface area contributed by atoms with E-state index >= 15 is 0 Å². The van der Waals surface area contributed by atoms with Gasteiger partial charge in [0.2, 0.25) is 0 Å². The van der Waals surface area contributed by atoms with Crippen molar-refractivity contribution in [2.45, 2.75) is 34.2 Å². The number of nitriles is 1. The van der Waals surface area contributed by atoms with Crippen LogP contribution >= 0.6 is 0 Å². The topological polar surface area (TPSA) is 27.0 Å². The highest BCUT2D eigenvalue weighted by Crippen LogP contribution is 2.10. The monoisotopic (exact) mass is 280 g/mol. The zero-order valence-electron chi connectivity index (χ0n) is 13.5.